The highest BCUT2D eigenvalue weighted by atomic mass is 16.3. The molecule has 0 heterocycles. The van der Waals surface area contributed by atoms with Crippen LogP contribution in [0.2, 0.25) is 0 Å². The maximum atomic E-state index is 10.7. The summed E-state index contributed by atoms with van der Waals surface area (Å²) in [6, 6.07) is 17.8. The standard InChI is InChI=1S/C38H38O12/c1-37(15-19-3-11-25(39)33(47)29(19)43,16-20-4-12-26(40)34(48)30(20)44)23-7-9-24(10-8-23)38(2,17-21-5-13-27(41)35(49)31(21)45)18-22-6-14-28(42)36(50)32(22)46/h3-14,39-50H,15-18H2,1-2H3. The predicted octanol–water partition coefficient (Wildman–Crippen LogP) is 5.64. The lowest BCUT2D eigenvalue weighted by atomic mass is 9.70. The van der Waals surface area contributed by atoms with E-state index in [0.717, 1.165) is 0 Å². The van der Waals surface area contributed by atoms with Gasteiger partial charge in [0.1, 0.15) is 0 Å². The molecule has 0 fully saturated rings. The average molecular weight is 687 g/mol. The van der Waals surface area contributed by atoms with Crippen LogP contribution in [0.1, 0.15) is 47.2 Å². The van der Waals surface area contributed by atoms with E-state index < -0.39 is 79.8 Å². The Balaban J connectivity index is 1.62. The lowest BCUT2D eigenvalue weighted by Crippen LogP contribution is -2.30. The molecule has 12 heteroatoms. The van der Waals surface area contributed by atoms with Gasteiger partial charge in [-0.3, -0.25) is 0 Å². The maximum absolute atomic E-state index is 10.7. The summed E-state index contributed by atoms with van der Waals surface area (Å²) in [5, 5.41) is 123. The molecule has 0 saturated heterocycles. The van der Waals surface area contributed by atoms with Gasteiger partial charge in [0, 0.05) is 10.8 Å². The fourth-order valence-electron chi connectivity index (χ4n) is 6.50. The highest BCUT2D eigenvalue weighted by Gasteiger charge is 2.35. The Morgan fingerprint density at radius 3 is 0.700 bits per heavy atom. The molecule has 12 nitrogen and oxygen atoms in total. The third kappa shape index (κ3) is 6.42. The van der Waals surface area contributed by atoms with Crippen molar-refractivity contribution in [3.05, 3.63) is 106 Å². The fraction of sp³-hybridized carbons (Fsp3) is 0.211. The SMILES string of the molecule is CC(Cc1ccc(O)c(O)c1O)(Cc1ccc(O)c(O)c1O)c1ccc(C(C)(Cc2ccc(O)c(O)c2O)Cc2ccc(O)c(O)c2O)cc1. The van der Waals surface area contributed by atoms with E-state index >= 15 is 0 Å². The van der Waals surface area contributed by atoms with Gasteiger partial charge in [0.05, 0.1) is 0 Å². The van der Waals surface area contributed by atoms with Crippen LogP contribution in [0.3, 0.4) is 0 Å². The Bertz CT molecular complexity index is 1800. The summed E-state index contributed by atoms with van der Waals surface area (Å²) in [7, 11) is 0. The van der Waals surface area contributed by atoms with E-state index in [0.29, 0.717) is 11.1 Å². The van der Waals surface area contributed by atoms with E-state index in [4.69, 9.17) is 0 Å². The van der Waals surface area contributed by atoms with Crippen molar-refractivity contribution in [1.82, 2.24) is 0 Å². The van der Waals surface area contributed by atoms with E-state index in [1.165, 1.54) is 48.5 Å². The minimum absolute atomic E-state index is 0.0612. The second kappa shape index (κ2) is 13.0. The van der Waals surface area contributed by atoms with Crippen molar-refractivity contribution in [2.75, 3.05) is 0 Å². The molecule has 12 N–H and O–H groups in total. The van der Waals surface area contributed by atoms with E-state index in [2.05, 4.69) is 0 Å². The third-order valence-electron chi connectivity index (χ3n) is 9.46. The van der Waals surface area contributed by atoms with E-state index in [1.54, 1.807) is 24.3 Å². The van der Waals surface area contributed by atoms with Crippen LogP contribution in [0.25, 0.3) is 0 Å². The highest BCUT2D eigenvalue weighted by Crippen LogP contribution is 2.47. The number of hydrogen-bond donors (Lipinski definition) is 12. The molecule has 5 aromatic carbocycles. The summed E-state index contributed by atoms with van der Waals surface area (Å²) < 4.78 is 0. The molecule has 0 radical (unpaired) electrons. The zero-order valence-corrected chi connectivity index (χ0v) is 27.1. The quantitative estimate of drug-likeness (QED) is 0.0799. The Hall–Kier alpha value is -6.30. The maximum Gasteiger partial charge on any atom is 0.200 e. The molecular weight excluding hydrogens is 648 g/mol. The molecule has 0 aliphatic rings. The summed E-state index contributed by atoms with van der Waals surface area (Å²) in [4.78, 5) is 0. The van der Waals surface area contributed by atoms with Gasteiger partial charge in [-0.15, -0.1) is 0 Å². The van der Waals surface area contributed by atoms with Crippen molar-refractivity contribution in [3.63, 3.8) is 0 Å². The zero-order chi connectivity index (χ0) is 36.7. The molecule has 0 aliphatic heterocycles. The Labute approximate surface area is 286 Å². The van der Waals surface area contributed by atoms with Crippen molar-refractivity contribution in [2.45, 2.75) is 50.4 Å². The minimum Gasteiger partial charge on any atom is -0.504 e. The van der Waals surface area contributed by atoms with Crippen LogP contribution in [-0.2, 0) is 36.5 Å². The highest BCUT2D eigenvalue weighted by molar-refractivity contribution is 5.58. The molecule has 0 aromatic heterocycles. The molecule has 262 valence electrons. The van der Waals surface area contributed by atoms with Gasteiger partial charge in [0.2, 0.25) is 23.0 Å². The van der Waals surface area contributed by atoms with E-state index in [9.17, 15) is 61.3 Å². The lowest BCUT2D eigenvalue weighted by molar-refractivity contribution is 0.353. The average Bonchev–Trinajstić information content (AvgIpc) is 3.09. The molecule has 0 amide bonds. The van der Waals surface area contributed by atoms with Crippen LogP contribution in [0.4, 0.5) is 0 Å². The first kappa shape index (κ1) is 35.0. The van der Waals surface area contributed by atoms with Gasteiger partial charge >= 0.3 is 0 Å². The van der Waals surface area contributed by atoms with Crippen molar-refractivity contribution < 1.29 is 61.3 Å². The largest absolute Gasteiger partial charge is 0.504 e. The van der Waals surface area contributed by atoms with Gasteiger partial charge in [-0.1, -0.05) is 62.4 Å². The Kier molecular flexibility index (Phi) is 9.07. The smallest absolute Gasteiger partial charge is 0.200 e. The summed E-state index contributed by atoms with van der Waals surface area (Å²) in [5.41, 5.74) is 0.454. The molecule has 5 rings (SSSR count). The first-order valence-electron chi connectivity index (χ1n) is 15.5. The molecule has 0 aliphatic carbocycles. The lowest BCUT2D eigenvalue weighted by Gasteiger charge is -2.34. The molecule has 0 spiro atoms. The van der Waals surface area contributed by atoms with Crippen molar-refractivity contribution in [1.29, 1.82) is 0 Å². The van der Waals surface area contributed by atoms with Crippen LogP contribution < -0.4 is 0 Å². The molecule has 50 heavy (non-hydrogen) atoms. The summed E-state index contributed by atoms with van der Waals surface area (Å²) in [6.45, 7) is 3.64. The van der Waals surface area contributed by atoms with Gasteiger partial charge in [0.15, 0.2) is 46.0 Å². The first-order valence-corrected chi connectivity index (χ1v) is 15.5. The summed E-state index contributed by atoms with van der Waals surface area (Å²) in [6.07, 6.45) is 0.245. The number of benzene rings is 5. The number of aromatic hydroxyl groups is 12. The number of hydrogen-bond acceptors (Lipinski definition) is 12. The zero-order valence-electron chi connectivity index (χ0n) is 27.1. The Morgan fingerprint density at radius 1 is 0.300 bits per heavy atom. The second-order valence-electron chi connectivity index (χ2n) is 13.2. The molecule has 0 unspecified atom stereocenters. The monoisotopic (exact) mass is 686 g/mol. The molecule has 5 aromatic rings. The number of rotatable bonds is 10. The van der Waals surface area contributed by atoms with E-state index in [-0.39, 0.29) is 47.9 Å². The van der Waals surface area contributed by atoms with Crippen LogP contribution in [-0.4, -0.2) is 61.3 Å². The Morgan fingerprint density at radius 2 is 0.500 bits per heavy atom. The topological polar surface area (TPSA) is 243 Å². The van der Waals surface area contributed by atoms with Gasteiger partial charge in [-0.2, -0.15) is 0 Å². The van der Waals surface area contributed by atoms with Crippen LogP contribution in [0.5, 0.6) is 69.0 Å². The van der Waals surface area contributed by atoms with E-state index in [1.807, 2.05) is 13.8 Å². The normalized spacial score (nSPS) is 11.9. The van der Waals surface area contributed by atoms with Gasteiger partial charge in [-0.05, 0) is 83.3 Å². The molecule has 0 atom stereocenters. The fourth-order valence-corrected chi connectivity index (χ4v) is 6.50. The molecular formula is C38H38O12. The number of phenols is 12. The molecule has 0 bridgehead atoms. The van der Waals surface area contributed by atoms with Gasteiger partial charge < -0.3 is 61.3 Å². The van der Waals surface area contributed by atoms with Crippen molar-refractivity contribution in [2.24, 2.45) is 0 Å². The second-order valence-corrected chi connectivity index (χ2v) is 13.2. The molecule has 0 saturated carbocycles. The van der Waals surface area contributed by atoms with Crippen LogP contribution in [0, 0.1) is 0 Å². The van der Waals surface area contributed by atoms with Crippen LogP contribution in [0.15, 0.2) is 72.8 Å². The first-order chi connectivity index (χ1) is 23.5. The van der Waals surface area contributed by atoms with Gasteiger partial charge in [0.25, 0.3) is 0 Å². The van der Waals surface area contributed by atoms with Crippen molar-refractivity contribution in [3.8, 4) is 69.0 Å². The van der Waals surface area contributed by atoms with Crippen LogP contribution >= 0.6 is 0 Å². The predicted molar refractivity (Wildman–Crippen MR) is 182 cm³/mol. The minimum atomic E-state index is -0.973. The van der Waals surface area contributed by atoms with Crippen molar-refractivity contribution >= 4 is 0 Å². The van der Waals surface area contributed by atoms with Gasteiger partial charge in [-0.25, -0.2) is 0 Å². The summed E-state index contributed by atoms with van der Waals surface area (Å²) >= 11 is 0. The number of phenolic OH excluding ortho intramolecular Hbond substituents is 12. The summed E-state index contributed by atoms with van der Waals surface area (Å²) in [5.74, 6) is -7.00. The third-order valence-corrected chi connectivity index (χ3v) is 9.46.